The molecular weight excluding hydrogens is 364 g/mol. The van der Waals surface area contributed by atoms with Crippen molar-refractivity contribution in [2.45, 2.75) is 33.1 Å². The maximum absolute atomic E-state index is 5.93. The van der Waals surface area contributed by atoms with Crippen LogP contribution in [-0.2, 0) is 5.41 Å². The lowest BCUT2D eigenvalue weighted by molar-refractivity contribution is 0.644. The van der Waals surface area contributed by atoms with Crippen LogP contribution in [0.25, 0.3) is 6.08 Å². The first-order valence-corrected chi connectivity index (χ1v) is 10.4. The van der Waals surface area contributed by atoms with Crippen LogP contribution in [0, 0.1) is 6.92 Å². The smallest absolute Gasteiger partial charge is 0.0399 e. The van der Waals surface area contributed by atoms with E-state index in [4.69, 9.17) is 11.6 Å². The summed E-state index contributed by atoms with van der Waals surface area (Å²) in [6.45, 7) is 14.9. The Hall–Kier alpha value is -2.19. The van der Waals surface area contributed by atoms with Crippen molar-refractivity contribution in [3.8, 4) is 0 Å². The number of aryl methyl sites for hydroxylation is 1. The predicted octanol–water partition coefficient (Wildman–Crippen LogP) is 6.65. The number of alkyl halides is 1. The van der Waals surface area contributed by atoms with E-state index in [9.17, 15) is 0 Å². The molecular formula is C25H33ClN2. The number of hydrogen-bond donors (Lipinski definition) is 1. The third-order valence-corrected chi connectivity index (χ3v) is 5.66. The lowest BCUT2D eigenvalue weighted by atomic mass is 9.77. The Morgan fingerprint density at radius 2 is 1.93 bits per heavy atom. The lowest BCUT2D eigenvalue weighted by Crippen LogP contribution is -2.24. The molecule has 0 aliphatic rings. The molecule has 0 bridgehead atoms. The molecule has 0 saturated heterocycles. The highest BCUT2D eigenvalue weighted by Gasteiger charge is 2.25. The van der Waals surface area contributed by atoms with E-state index in [1.165, 1.54) is 22.4 Å². The minimum Gasteiger partial charge on any atom is -0.388 e. The normalized spacial score (nSPS) is 11.6. The maximum atomic E-state index is 5.93. The van der Waals surface area contributed by atoms with Gasteiger partial charge in [-0.05, 0) is 54.3 Å². The van der Waals surface area contributed by atoms with Gasteiger partial charge in [-0.2, -0.15) is 0 Å². The number of nitrogens with one attached hydrogen (secondary N) is 1. The van der Waals surface area contributed by atoms with Crippen molar-refractivity contribution in [3.05, 3.63) is 77.4 Å². The number of allylic oxidation sites excluding steroid dienone is 2. The van der Waals surface area contributed by atoms with E-state index >= 15 is 0 Å². The summed E-state index contributed by atoms with van der Waals surface area (Å²) in [6.07, 6.45) is 4.31. The van der Waals surface area contributed by atoms with Gasteiger partial charge < -0.3 is 10.2 Å². The molecule has 150 valence electrons. The van der Waals surface area contributed by atoms with Crippen LogP contribution < -0.4 is 10.2 Å². The number of halogens is 1. The number of anilines is 2. The second-order valence-electron chi connectivity index (χ2n) is 7.59. The average Bonchev–Trinajstić information content (AvgIpc) is 2.70. The summed E-state index contributed by atoms with van der Waals surface area (Å²) in [7, 11) is 1.96. The lowest BCUT2D eigenvalue weighted by Gasteiger charge is -2.28. The van der Waals surface area contributed by atoms with Gasteiger partial charge in [0.05, 0.1) is 0 Å². The molecule has 28 heavy (non-hydrogen) atoms. The van der Waals surface area contributed by atoms with Crippen LogP contribution in [0.2, 0.25) is 0 Å². The Morgan fingerprint density at radius 1 is 1.21 bits per heavy atom. The molecule has 0 unspecified atom stereocenters. The van der Waals surface area contributed by atoms with Gasteiger partial charge in [-0.15, -0.1) is 11.6 Å². The van der Waals surface area contributed by atoms with Crippen molar-refractivity contribution >= 4 is 29.1 Å². The highest BCUT2D eigenvalue weighted by molar-refractivity contribution is 6.18. The molecule has 0 atom stereocenters. The van der Waals surface area contributed by atoms with Crippen molar-refractivity contribution in [1.82, 2.24) is 0 Å². The second kappa shape index (κ2) is 9.84. The minimum absolute atomic E-state index is 0.163. The van der Waals surface area contributed by atoms with E-state index in [1.54, 1.807) is 0 Å². The molecule has 0 heterocycles. The Morgan fingerprint density at radius 3 is 2.54 bits per heavy atom. The fourth-order valence-corrected chi connectivity index (χ4v) is 3.64. The molecule has 0 fully saturated rings. The van der Waals surface area contributed by atoms with Gasteiger partial charge >= 0.3 is 0 Å². The molecule has 0 aliphatic carbocycles. The fourth-order valence-electron chi connectivity index (χ4n) is 3.43. The second-order valence-corrected chi connectivity index (χ2v) is 7.97. The molecule has 0 aromatic heterocycles. The predicted molar refractivity (Wildman–Crippen MR) is 127 cm³/mol. The number of nitrogens with zero attached hydrogens (tertiary/aromatic N) is 1. The molecule has 2 rings (SSSR count). The van der Waals surface area contributed by atoms with Gasteiger partial charge in [0.15, 0.2) is 0 Å². The monoisotopic (exact) mass is 396 g/mol. The van der Waals surface area contributed by atoms with E-state index in [-0.39, 0.29) is 5.41 Å². The van der Waals surface area contributed by atoms with Crippen LogP contribution in [-0.4, -0.2) is 26.0 Å². The SMILES string of the molecule is C=C(C=Cc1ccc(N(CC)CCCl)cc1C)C(C)(C)c1ccccc1NC. The summed E-state index contributed by atoms with van der Waals surface area (Å²) >= 11 is 5.93. The Labute approximate surface area is 175 Å². The largest absolute Gasteiger partial charge is 0.388 e. The van der Waals surface area contributed by atoms with E-state index < -0.39 is 0 Å². The first-order valence-electron chi connectivity index (χ1n) is 9.91. The van der Waals surface area contributed by atoms with E-state index in [0.717, 1.165) is 24.4 Å². The van der Waals surface area contributed by atoms with E-state index in [0.29, 0.717) is 5.88 Å². The van der Waals surface area contributed by atoms with Crippen LogP contribution in [0.5, 0.6) is 0 Å². The van der Waals surface area contributed by atoms with Gasteiger partial charge in [0, 0.05) is 42.8 Å². The third kappa shape index (κ3) is 4.99. The van der Waals surface area contributed by atoms with Crippen LogP contribution in [0.1, 0.15) is 37.5 Å². The average molecular weight is 397 g/mol. The number of hydrogen-bond acceptors (Lipinski definition) is 2. The highest BCUT2D eigenvalue weighted by atomic mass is 35.5. The topological polar surface area (TPSA) is 15.3 Å². The van der Waals surface area contributed by atoms with E-state index in [2.05, 4.69) is 99.1 Å². The van der Waals surface area contributed by atoms with Gasteiger partial charge in [0.2, 0.25) is 0 Å². The summed E-state index contributed by atoms with van der Waals surface area (Å²) in [5.74, 6) is 0.636. The van der Waals surface area contributed by atoms with Gasteiger partial charge in [-0.1, -0.05) is 56.8 Å². The third-order valence-electron chi connectivity index (χ3n) is 5.49. The van der Waals surface area contributed by atoms with Crippen molar-refractivity contribution in [1.29, 1.82) is 0 Å². The molecule has 2 aromatic rings. The minimum atomic E-state index is -0.163. The van der Waals surface area contributed by atoms with Gasteiger partial charge in [0.1, 0.15) is 0 Å². The molecule has 2 nitrogen and oxygen atoms in total. The maximum Gasteiger partial charge on any atom is 0.0399 e. The Bertz CT molecular complexity index is 836. The first-order chi connectivity index (χ1) is 13.3. The first kappa shape index (κ1) is 22.1. The molecule has 0 spiro atoms. The van der Waals surface area contributed by atoms with Crippen LogP contribution in [0.3, 0.4) is 0 Å². The van der Waals surface area contributed by atoms with Crippen molar-refractivity contribution in [3.63, 3.8) is 0 Å². The summed E-state index contributed by atoms with van der Waals surface area (Å²) in [5, 5.41) is 3.29. The number of para-hydroxylation sites is 1. The summed E-state index contributed by atoms with van der Waals surface area (Å²) in [4.78, 5) is 2.30. The summed E-state index contributed by atoms with van der Waals surface area (Å²) < 4.78 is 0. The van der Waals surface area contributed by atoms with Crippen LogP contribution in [0.15, 0.2) is 60.7 Å². The number of benzene rings is 2. The van der Waals surface area contributed by atoms with Crippen molar-refractivity contribution in [2.75, 3.05) is 36.2 Å². The van der Waals surface area contributed by atoms with Gasteiger partial charge in [-0.25, -0.2) is 0 Å². The molecule has 0 radical (unpaired) electrons. The van der Waals surface area contributed by atoms with Crippen LogP contribution in [0.4, 0.5) is 11.4 Å². The summed E-state index contributed by atoms with van der Waals surface area (Å²) in [5.41, 5.74) is 6.99. The molecule has 2 aromatic carbocycles. The fraction of sp³-hybridized carbons (Fsp3) is 0.360. The van der Waals surface area contributed by atoms with Gasteiger partial charge in [-0.3, -0.25) is 0 Å². The molecule has 0 saturated carbocycles. The molecule has 0 aliphatic heterocycles. The Balaban J connectivity index is 2.24. The van der Waals surface area contributed by atoms with Crippen LogP contribution >= 0.6 is 11.6 Å². The zero-order valence-electron chi connectivity index (χ0n) is 17.8. The number of rotatable bonds is 9. The summed E-state index contributed by atoms with van der Waals surface area (Å²) in [6, 6.07) is 15.0. The zero-order chi connectivity index (χ0) is 20.7. The standard InChI is InChI=1S/C25H33ClN2/c1-7-28(17-16-26)22-15-14-21(19(2)18-22)13-12-20(3)25(4,5)23-10-8-9-11-24(23)27-6/h8-15,18,27H,3,7,16-17H2,1-2,4-6H3. The highest BCUT2D eigenvalue weighted by Crippen LogP contribution is 2.36. The van der Waals surface area contributed by atoms with E-state index in [1.807, 2.05) is 7.05 Å². The molecule has 3 heteroatoms. The molecule has 1 N–H and O–H groups in total. The van der Waals surface area contributed by atoms with Gasteiger partial charge in [0.25, 0.3) is 0 Å². The Kier molecular flexibility index (Phi) is 7.77. The zero-order valence-corrected chi connectivity index (χ0v) is 18.6. The molecule has 0 amide bonds. The van der Waals surface area contributed by atoms with Crippen molar-refractivity contribution in [2.24, 2.45) is 0 Å². The quantitative estimate of drug-likeness (QED) is 0.377. The van der Waals surface area contributed by atoms with Crippen molar-refractivity contribution < 1.29 is 0 Å².